The number of rotatable bonds is 6. The maximum Gasteiger partial charge on any atom is 0.0899 e. The highest BCUT2D eigenvalue weighted by molar-refractivity contribution is 7.80. The third-order valence-electron chi connectivity index (χ3n) is 3.34. The Bertz CT molecular complexity index is 207. The van der Waals surface area contributed by atoms with Crippen LogP contribution in [0, 0.1) is 11.8 Å². The summed E-state index contributed by atoms with van der Waals surface area (Å²) < 4.78 is 0. The largest absolute Gasteiger partial charge is 0.392 e. The Morgan fingerprint density at radius 3 is 2.00 bits per heavy atom. The Kier molecular flexibility index (Phi) is 3.07. The van der Waals surface area contributed by atoms with Crippen LogP contribution in [0.5, 0.6) is 0 Å². The fraction of sp³-hybridized carbons (Fsp3) is 0.909. The topological polar surface area (TPSA) is 29.3 Å². The second-order valence-electron chi connectivity index (χ2n) is 4.92. The van der Waals surface area contributed by atoms with E-state index in [1.807, 2.05) is 0 Å². The molecule has 0 aliphatic heterocycles. The van der Waals surface area contributed by atoms with Gasteiger partial charge < -0.3 is 5.73 Å². The number of hydrogen-bond donors (Lipinski definition) is 1. The van der Waals surface area contributed by atoms with Gasteiger partial charge in [-0.3, -0.25) is 4.90 Å². The Morgan fingerprint density at radius 2 is 1.71 bits per heavy atom. The number of hydrogen-bond acceptors (Lipinski definition) is 2. The summed E-state index contributed by atoms with van der Waals surface area (Å²) in [5, 5.41) is 0. The summed E-state index contributed by atoms with van der Waals surface area (Å²) >= 11 is 5.08. The van der Waals surface area contributed by atoms with Crippen LogP contribution in [-0.4, -0.2) is 29.0 Å². The smallest absolute Gasteiger partial charge is 0.0899 e. The van der Waals surface area contributed by atoms with Crippen molar-refractivity contribution in [3.63, 3.8) is 0 Å². The van der Waals surface area contributed by atoms with Gasteiger partial charge in [-0.05, 0) is 44.4 Å². The van der Waals surface area contributed by atoms with Crippen molar-refractivity contribution in [2.45, 2.75) is 38.6 Å². The van der Waals surface area contributed by atoms with Crippen LogP contribution in [0.4, 0.5) is 0 Å². The van der Waals surface area contributed by atoms with Crippen molar-refractivity contribution in [1.29, 1.82) is 0 Å². The number of thiocarbonyl (C=S) groups is 1. The van der Waals surface area contributed by atoms with Crippen LogP contribution in [0.15, 0.2) is 0 Å². The van der Waals surface area contributed by atoms with Gasteiger partial charge in [-0.2, -0.15) is 0 Å². The van der Waals surface area contributed by atoms with Gasteiger partial charge in [-0.1, -0.05) is 12.2 Å². The van der Waals surface area contributed by atoms with Crippen molar-refractivity contribution in [3.05, 3.63) is 0 Å². The molecule has 0 aromatic rings. The summed E-state index contributed by atoms with van der Waals surface area (Å²) in [5.74, 6) is 1.87. The molecule has 3 heteroatoms. The molecular formula is C11H20N2S. The summed E-state index contributed by atoms with van der Waals surface area (Å²) in [4.78, 5) is 3.16. The molecule has 2 N–H and O–H groups in total. The van der Waals surface area contributed by atoms with E-state index in [9.17, 15) is 0 Å². The van der Waals surface area contributed by atoms with Gasteiger partial charge in [0.1, 0.15) is 0 Å². The minimum absolute atomic E-state index is 0.297. The van der Waals surface area contributed by atoms with Gasteiger partial charge in [0.2, 0.25) is 0 Å². The van der Waals surface area contributed by atoms with Crippen LogP contribution < -0.4 is 5.73 Å². The van der Waals surface area contributed by atoms with Gasteiger partial charge in [0.15, 0.2) is 0 Å². The lowest BCUT2D eigenvalue weighted by Crippen LogP contribution is -2.43. The highest BCUT2D eigenvalue weighted by Crippen LogP contribution is 2.34. The van der Waals surface area contributed by atoms with Gasteiger partial charge in [-0.15, -0.1) is 0 Å². The molecule has 0 heterocycles. The molecule has 2 fully saturated rings. The first-order valence-corrected chi connectivity index (χ1v) is 6.11. The highest BCUT2D eigenvalue weighted by atomic mass is 32.1. The average molecular weight is 212 g/mol. The van der Waals surface area contributed by atoms with E-state index in [0.29, 0.717) is 11.0 Å². The first kappa shape index (κ1) is 10.4. The van der Waals surface area contributed by atoms with E-state index in [4.69, 9.17) is 18.0 Å². The maximum absolute atomic E-state index is 5.72. The summed E-state index contributed by atoms with van der Waals surface area (Å²) in [7, 11) is 0. The van der Waals surface area contributed by atoms with E-state index in [1.54, 1.807) is 0 Å². The van der Waals surface area contributed by atoms with Crippen molar-refractivity contribution < 1.29 is 0 Å². The van der Waals surface area contributed by atoms with Gasteiger partial charge in [0, 0.05) is 13.1 Å². The zero-order chi connectivity index (χ0) is 10.1. The summed E-state index contributed by atoms with van der Waals surface area (Å²) in [6.45, 7) is 4.58. The Labute approximate surface area is 91.8 Å². The molecule has 0 saturated heterocycles. The fourth-order valence-electron chi connectivity index (χ4n) is 1.83. The quantitative estimate of drug-likeness (QED) is 0.681. The zero-order valence-electron chi connectivity index (χ0n) is 8.91. The van der Waals surface area contributed by atoms with E-state index < -0.39 is 0 Å². The van der Waals surface area contributed by atoms with Gasteiger partial charge in [-0.25, -0.2) is 0 Å². The molecule has 14 heavy (non-hydrogen) atoms. The minimum atomic E-state index is 0.297. The van der Waals surface area contributed by atoms with Crippen molar-refractivity contribution in [3.8, 4) is 0 Å². The molecule has 2 aliphatic carbocycles. The standard InChI is InChI=1S/C11H20N2S/c1-8(11(12)14)13(6-9-2-3-9)7-10-4-5-10/h8-10H,2-7H2,1H3,(H2,12,14). The molecule has 0 bridgehead atoms. The summed E-state index contributed by atoms with van der Waals surface area (Å²) in [6.07, 6.45) is 5.63. The van der Waals surface area contributed by atoms with E-state index in [1.165, 1.54) is 38.8 Å². The fourth-order valence-corrected chi connectivity index (χ4v) is 1.98. The molecule has 1 unspecified atom stereocenters. The third kappa shape index (κ3) is 2.92. The van der Waals surface area contributed by atoms with Crippen LogP contribution in [0.3, 0.4) is 0 Å². The molecule has 80 valence electrons. The van der Waals surface area contributed by atoms with Crippen LogP contribution in [0.1, 0.15) is 32.6 Å². The number of nitrogens with zero attached hydrogens (tertiary/aromatic N) is 1. The molecule has 0 amide bonds. The predicted octanol–water partition coefficient (Wildman–Crippen LogP) is 1.78. The second-order valence-corrected chi connectivity index (χ2v) is 5.39. The van der Waals surface area contributed by atoms with E-state index in [2.05, 4.69) is 11.8 Å². The predicted molar refractivity (Wildman–Crippen MR) is 63.3 cm³/mol. The van der Waals surface area contributed by atoms with Crippen LogP contribution in [0.2, 0.25) is 0 Å². The average Bonchev–Trinajstić information content (AvgIpc) is 2.94. The van der Waals surface area contributed by atoms with E-state index in [-0.39, 0.29) is 0 Å². The molecule has 0 aromatic heterocycles. The lowest BCUT2D eigenvalue weighted by molar-refractivity contribution is 0.233. The summed E-state index contributed by atoms with van der Waals surface area (Å²) in [6, 6.07) is 0.297. The van der Waals surface area contributed by atoms with Gasteiger partial charge in [0.25, 0.3) is 0 Å². The lowest BCUT2D eigenvalue weighted by atomic mass is 10.2. The van der Waals surface area contributed by atoms with Crippen molar-refractivity contribution in [1.82, 2.24) is 4.90 Å². The van der Waals surface area contributed by atoms with E-state index in [0.717, 1.165) is 11.8 Å². The Morgan fingerprint density at radius 1 is 1.29 bits per heavy atom. The third-order valence-corrected chi connectivity index (χ3v) is 3.68. The zero-order valence-corrected chi connectivity index (χ0v) is 9.72. The van der Waals surface area contributed by atoms with Crippen LogP contribution >= 0.6 is 12.2 Å². The van der Waals surface area contributed by atoms with Gasteiger partial charge in [0.05, 0.1) is 11.0 Å². The highest BCUT2D eigenvalue weighted by Gasteiger charge is 2.31. The second kappa shape index (κ2) is 4.15. The molecule has 1 atom stereocenters. The molecule has 2 saturated carbocycles. The minimum Gasteiger partial charge on any atom is -0.392 e. The Balaban J connectivity index is 1.84. The van der Waals surface area contributed by atoms with Crippen molar-refractivity contribution in [2.24, 2.45) is 17.6 Å². The van der Waals surface area contributed by atoms with Crippen molar-refractivity contribution in [2.75, 3.05) is 13.1 Å². The molecule has 0 spiro atoms. The number of nitrogens with two attached hydrogens (primary N) is 1. The normalized spacial score (nSPS) is 23.9. The molecular weight excluding hydrogens is 192 g/mol. The molecule has 0 radical (unpaired) electrons. The molecule has 2 nitrogen and oxygen atoms in total. The lowest BCUT2D eigenvalue weighted by Gasteiger charge is -2.28. The van der Waals surface area contributed by atoms with E-state index >= 15 is 0 Å². The van der Waals surface area contributed by atoms with Crippen LogP contribution in [-0.2, 0) is 0 Å². The SMILES string of the molecule is CC(C(N)=S)N(CC1CC1)CC1CC1. The van der Waals surface area contributed by atoms with Gasteiger partial charge >= 0.3 is 0 Å². The molecule has 2 rings (SSSR count). The summed E-state index contributed by atoms with van der Waals surface area (Å²) in [5.41, 5.74) is 5.72. The monoisotopic (exact) mass is 212 g/mol. The van der Waals surface area contributed by atoms with Crippen molar-refractivity contribution >= 4 is 17.2 Å². The first-order valence-electron chi connectivity index (χ1n) is 5.70. The molecule has 2 aliphatic rings. The first-order chi connectivity index (χ1) is 6.66. The van der Waals surface area contributed by atoms with Crippen LogP contribution in [0.25, 0.3) is 0 Å². The Hall–Kier alpha value is -0.150. The molecule has 0 aromatic carbocycles. The maximum atomic E-state index is 5.72.